The number of hydrogen-bond donors (Lipinski definition) is 1. The van der Waals surface area contributed by atoms with Gasteiger partial charge in [0.15, 0.2) is 5.13 Å². The number of hydrogen-bond acceptors (Lipinski definition) is 6. The summed E-state index contributed by atoms with van der Waals surface area (Å²) in [5.74, 6) is -0.333. The van der Waals surface area contributed by atoms with Crippen LogP contribution in [0.15, 0.2) is 52.1 Å². The number of amides is 1. The molecule has 0 aliphatic carbocycles. The molecule has 0 radical (unpaired) electrons. The molecule has 4 rings (SSSR count). The highest BCUT2D eigenvalue weighted by Gasteiger charge is 2.39. The SMILES string of the molecule is Cc1ccc(S(=O)(=O)N2CCCC2C(=O)Nc2nc(-c3cccs3)cs2)cc1. The maximum atomic E-state index is 13.0. The fourth-order valence-corrected chi connectivity index (χ4v) is 6.32. The van der Waals surface area contributed by atoms with Gasteiger partial charge in [-0.3, -0.25) is 4.79 Å². The summed E-state index contributed by atoms with van der Waals surface area (Å²) in [5.41, 5.74) is 1.80. The van der Waals surface area contributed by atoms with Crippen LogP contribution in [0.4, 0.5) is 5.13 Å². The molecule has 0 saturated carbocycles. The summed E-state index contributed by atoms with van der Waals surface area (Å²) in [6.45, 7) is 2.24. The average Bonchev–Trinajstić information content (AvgIpc) is 3.42. The van der Waals surface area contributed by atoms with Crippen LogP contribution in [0.3, 0.4) is 0 Å². The van der Waals surface area contributed by atoms with Crippen molar-refractivity contribution in [3.8, 4) is 10.6 Å². The van der Waals surface area contributed by atoms with Gasteiger partial charge in [0, 0.05) is 11.9 Å². The number of aromatic nitrogens is 1. The minimum atomic E-state index is -3.72. The number of carbonyl (C=O) groups is 1. The molecule has 1 aliphatic heterocycles. The van der Waals surface area contributed by atoms with Gasteiger partial charge in [0.2, 0.25) is 15.9 Å². The van der Waals surface area contributed by atoms with Crippen LogP contribution in [-0.4, -0.2) is 36.2 Å². The molecule has 1 aromatic carbocycles. The molecule has 0 spiro atoms. The molecule has 1 saturated heterocycles. The smallest absolute Gasteiger partial charge is 0.244 e. The molecule has 1 N–H and O–H groups in total. The van der Waals surface area contributed by atoms with E-state index in [4.69, 9.17) is 0 Å². The van der Waals surface area contributed by atoms with Crippen molar-refractivity contribution in [3.05, 3.63) is 52.7 Å². The van der Waals surface area contributed by atoms with Gasteiger partial charge in [-0.1, -0.05) is 23.8 Å². The molecule has 0 bridgehead atoms. The molecule has 28 heavy (non-hydrogen) atoms. The molecule has 1 amide bonds. The minimum Gasteiger partial charge on any atom is -0.301 e. The Bertz CT molecular complexity index is 1070. The number of rotatable bonds is 5. The van der Waals surface area contributed by atoms with Gasteiger partial charge in [-0.05, 0) is 43.3 Å². The Morgan fingerprint density at radius 3 is 2.71 bits per heavy atom. The molecule has 1 fully saturated rings. The van der Waals surface area contributed by atoms with Crippen molar-refractivity contribution >= 4 is 43.7 Å². The lowest BCUT2D eigenvalue weighted by Gasteiger charge is -2.23. The number of aryl methyl sites for hydroxylation is 1. The fourth-order valence-electron chi connectivity index (χ4n) is 3.19. The van der Waals surface area contributed by atoms with Crippen molar-refractivity contribution in [2.75, 3.05) is 11.9 Å². The lowest BCUT2D eigenvalue weighted by atomic mass is 10.2. The van der Waals surface area contributed by atoms with Crippen LogP contribution < -0.4 is 5.32 Å². The highest BCUT2D eigenvalue weighted by Crippen LogP contribution is 2.30. The molecule has 3 aromatic rings. The van der Waals surface area contributed by atoms with Crippen LogP contribution in [-0.2, 0) is 14.8 Å². The molecule has 146 valence electrons. The number of thiophene rings is 1. The van der Waals surface area contributed by atoms with E-state index in [1.807, 2.05) is 29.8 Å². The van der Waals surface area contributed by atoms with E-state index in [0.29, 0.717) is 24.5 Å². The predicted octanol–water partition coefficient (Wildman–Crippen LogP) is 3.97. The second-order valence-electron chi connectivity index (χ2n) is 6.59. The summed E-state index contributed by atoms with van der Waals surface area (Å²) in [6.07, 6.45) is 1.15. The van der Waals surface area contributed by atoms with Crippen molar-refractivity contribution in [1.82, 2.24) is 9.29 Å². The van der Waals surface area contributed by atoms with Gasteiger partial charge in [-0.15, -0.1) is 22.7 Å². The summed E-state index contributed by atoms with van der Waals surface area (Å²) in [7, 11) is -3.72. The quantitative estimate of drug-likeness (QED) is 0.660. The number of benzene rings is 1. The zero-order valence-corrected chi connectivity index (χ0v) is 17.6. The van der Waals surface area contributed by atoms with Crippen LogP contribution in [0.25, 0.3) is 10.6 Å². The molecular weight excluding hydrogens is 414 g/mol. The van der Waals surface area contributed by atoms with E-state index < -0.39 is 16.1 Å². The Hall–Kier alpha value is -2.07. The number of nitrogens with zero attached hydrogens (tertiary/aromatic N) is 2. The molecule has 9 heteroatoms. The first-order valence-electron chi connectivity index (χ1n) is 8.84. The zero-order chi connectivity index (χ0) is 19.7. The summed E-state index contributed by atoms with van der Waals surface area (Å²) in [5, 5.41) is 7.13. The number of anilines is 1. The van der Waals surface area contributed by atoms with Crippen molar-refractivity contribution in [2.24, 2.45) is 0 Å². The van der Waals surface area contributed by atoms with Crippen LogP contribution in [0.2, 0.25) is 0 Å². The summed E-state index contributed by atoms with van der Waals surface area (Å²) >= 11 is 2.92. The average molecular weight is 434 g/mol. The van der Waals surface area contributed by atoms with Gasteiger partial charge < -0.3 is 5.32 Å². The monoisotopic (exact) mass is 433 g/mol. The van der Waals surface area contributed by atoms with Gasteiger partial charge in [0.1, 0.15) is 6.04 Å². The van der Waals surface area contributed by atoms with Gasteiger partial charge in [0.05, 0.1) is 15.5 Å². The summed E-state index contributed by atoms with van der Waals surface area (Å²) < 4.78 is 27.3. The van der Waals surface area contributed by atoms with Crippen molar-refractivity contribution in [2.45, 2.75) is 30.7 Å². The third-order valence-corrected chi connectivity index (χ3v) is 8.21. The lowest BCUT2D eigenvalue weighted by Crippen LogP contribution is -2.43. The van der Waals surface area contributed by atoms with E-state index in [2.05, 4.69) is 10.3 Å². The first-order chi connectivity index (χ1) is 13.4. The van der Waals surface area contributed by atoms with E-state index in [0.717, 1.165) is 16.1 Å². The Morgan fingerprint density at radius 1 is 1.21 bits per heavy atom. The topological polar surface area (TPSA) is 79.4 Å². The van der Waals surface area contributed by atoms with E-state index in [1.54, 1.807) is 35.6 Å². The van der Waals surface area contributed by atoms with E-state index >= 15 is 0 Å². The van der Waals surface area contributed by atoms with Crippen molar-refractivity contribution in [3.63, 3.8) is 0 Å². The molecule has 1 atom stereocenters. The number of sulfonamides is 1. The fraction of sp³-hybridized carbons (Fsp3) is 0.263. The summed E-state index contributed by atoms with van der Waals surface area (Å²) in [6, 6.07) is 9.90. The predicted molar refractivity (Wildman–Crippen MR) is 112 cm³/mol. The van der Waals surface area contributed by atoms with Crippen molar-refractivity contribution < 1.29 is 13.2 Å². The molecule has 1 unspecified atom stereocenters. The normalized spacial score (nSPS) is 17.7. The van der Waals surface area contributed by atoms with Crippen LogP contribution in [0, 0.1) is 6.92 Å². The molecule has 6 nitrogen and oxygen atoms in total. The second-order valence-corrected chi connectivity index (χ2v) is 10.3. The molecule has 2 aromatic heterocycles. The van der Waals surface area contributed by atoms with Gasteiger partial charge in [0.25, 0.3) is 0 Å². The summed E-state index contributed by atoms with van der Waals surface area (Å²) in [4.78, 5) is 18.5. The van der Waals surface area contributed by atoms with Crippen LogP contribution >= 0.6 is 22.7 Å². The van der Waals surface area contributed by atoms with E-state index in [-0.39, 0.29) is 10.8 Å². The Morgan fingerprint density at radius 2 is 2.00 bits per heavy atom. The van der Waals surface area contributed by atoms with E-state index in [9.17, 15) is 13.2 Å². The van der Waals surface area contributed by atoms with Gasteiger partial charge in [-0.25, -0.2) is 13.4 Å². The number of thiazole rings is 1. The minimum absolute atomic E-state index is 0.215. The van der Waals surface area contributed by atoms with Gasteiger partial charge in [-0.2, -0.15) is 4.31 Å². The largest absolute Gasteiger partial charge is 0.301 e. The Kier molecular flexibility index (Phi) is 5.33. The number of nitrogens with one attached hydrogen (secondary N) is 1. The highest BCUT2D eigenvalue weighted by molar-refractivity contribution is 7.89. The van der Waals surface area contributed by atoms with Gasteiger partial charge >= 0.3 is 0 Å². The number of carbonyl (C=O) groups excluding carboxylic acids is 1. The first kappa shape index (κ1) is 19.3. The molecular formula is C19H19N3O3S3. The third-order valence-electron chi connectivity index (χ3n) is 4.64. The maximum absolute atomic E-state index is 13.0. The first-order valence-corrected chi connectivity index (χ1v) is 12.0. The third kappa shape index (κ3) is 3.75. The van der Waals surface area contributed by atoms with Crippen molar-refractivity contribution in [1.29, 1.82) is 0 Å². The van der Waals surface area contributed by atoms with E-state index in [1.165, 1.54) is 15.6 Å². The second kappa shape index (κ2) is 7.75. The maximum Gasteiger partial charge on any atom is 0.244 e. The lowest BCUT2D eigenvalue weighted by molar-refractivity contribution is -0.119. The standard InChI is InChI=1S/C19H19N3O3S3/c1-13-6-8-14(9-7-13)28(24,25)22-10-2-4-16(22)18(23)21-19-20-15(12-27-19)17-5-3-11-26-17/h3,5-9,11-12,16H,2,4,10H2,1H3,(H,20,21,23). The Labute approximate surface area is 171 Å². The molecule has 1 aliphatic rings. The van der Waals surface area contributed by atoms with Crippen LogP contribution in [0.1, 0.15) is 18.4 Å². The van der Waals surface area contributed by atoms with Crippen LogP contribution in [0.5, 0.6) is 0 Å². The highest BCUT2D eigenvalue weighted by atomic mass is 32.2. The zero-order valence-electron chi connectivity index (χ0n) is 15.2. The molecule has 3 heterocycles. The Balaban J connectivity index is 1.51.